The second-order valence-electron chi connectivity index (χ2n) is 8.50. The van der Waals surface area contributed by atoms with E-state index in [4.69, 9.17) is 37.4 Å². The normalized spacial score (nSPS) is 23.1. The summed E-state index contributed by atoms with van der Waals surface area (Å²) in [6.07, 6.45) is -3.95. The first-order chi connectivity index (χ1) is 18.1. The molecule has 1 fully saturated rings. The number of anilines is 2. The van der Waals surface area contributed by atoms with E-state index in [1.54, 1.807) is 36.4 Å². The molecule has 38 heavy (non-hydrogen) atoms. The van der Waals surface area contributed by atoms with Crippen LogP contribution in [-0.2, 0) is 14.3 Å². The van der Waals surface area contributed by atoms with Gasteiger partial charge in [-0.1, -0.05) is 29.3 Å². The van der Waals surface area contributed by atoms with E-state index in [1.165, 1.54) is 20.2 Å². The lowest BCUT2D eigenvalue weighted by molar-refractivity contribution is -0.244. The number of carbonyl (C=O) groups excluding carboxylic acids is 2. The van der Waals surface area contributed by atoms with Gasteiger partial charge in [-0.05, 0) is 24.3 Å². The number of nitrogens with zero attached hydrogens (tertiary/aromatic N) is 1. The second kappa shape index (κ2) is 11.7. The highest BCUT2D eigenvalue weighted by Crippen LogP contribution is 2.37. The van der Waals surface area contributed by atoms with E-state index in [0.717, 1.165) is 0 Å². The van der Waals surface area contributed by atoms with E-state index in [2.05, 4.69) is 15.6 Å². The lowest BCUT2D eigenvalue weighted by Gasteiger charge is -2.42. The fraction of sp³-hybridized carbons (Fsp3) is 0.320. The number of benzene rings is 2. The SMILES string of the molecule is COC(=O)c1cnc2c(Cl)c(Cl)ccc2c1Nc1cccc(O[C@@H]2O[C@H](CO)[C@H](O)[C@H](O)[C@H]2NC(C)=O)c1. The molecule has 5 N–H and O–H groups in total. The molecule has 2 aromatic carbocycles. The summed E-state index contributed by atoms with van der Waals surface area (Å²) in [5, 5.41) is 37.0. The topological polar surface area (TPSA) is 159 Å². The van der Waals surface area contributed by atoms with Crippen molar-refractivity contribution in [3.05, 3.63) is 58.2 Å². The standard InChI is InChI=1S/C25H25Cl2N3O8/c1-11(32)29-21-23(34)22(33)17(10-31)38-25(21)37-13-5-3-4-12(8-13)30-19-14-6-7-16(26)18(27)20(14)28-9-15(19)24(35)36-2/h3-9,17,21-23,25,31,33-34H,10H2,1-2H3,(H,28,30)(H,29,32)/t17-,21-,22+,23-,25-/m1/s1. The number of carbonyl (C=O) groups is 2. The molecule has 1 saturated heterocycles. The lowest BCUT2D eigenvalue weighted by atomic mass is 9.97. The van der Waals surface area contributed by atoms with Crippen molar-refractivity contribution in [2.24, 2.45) is 0 Å². The quantitative estimate of drug-likeness (QED) is 0.269. The van der Waals surface area contributed by atoms with Crippen LogP contribution in [0.4, 0.5) is 11.4 Å². The van der Waals surface area contributed by atoms with Crippen molar-refractivity contribution in [3.63, 3.8) is 0 Å². The van der Waals surface area contributed by atoms with Crippen LogP contribution in [0.5, 0.6) is 5.75 Å². The first kappa shape index (κ1) is 27.8. The Morgan fingerprint density at radius 3 is 2.61 bits per heavy atom. The smallest absolute Gasteiger partial charge is 0.341 e. The molecule has 202 valence electrons. The molecule has 0 unspecified atom stereocenters. The largest absolute Gasteiger partial charge is 0.465 e. The van der Waals surface area contributed by atoms with Crippen molar-refractivity contribution in [1.82, 2.24) is 10.3 Å². The summed E-state index contributed by atoms with van der Waals surface area (Å²) < 4.78 is 16.5. The van der Waals surface area contributed by atoms with E-state index in [9.17, 15) is 24.9 Å². The molecule has 0 radical (unpaired) electrons. The number of esters is 1. The van der Waals surface area contributed by atoms with Crippen molar-refractivity contribution in [2.45, 2.75) is 37.6 Å². The van der Waals surface area contributed by atoms with Crippen molar-refractivity contribution in [3.8, 4) is 5.75 Å². The molecule has 0 aliphatic carbocycles. The minimum atomic E-state index is -1.46. The number of hydrogen-bond acceptors (Lipinski definition) is 10. The van der Waals surface area contributed by atoms with Gasteiger partial charge in [-0.3, -0.25) is 9.78 Å². The number of hydrogen-bond donors (Lipinski definition) is 5. The first-order valence-corrected chi connectivity index (χ1v) is 12.2. The van der Waals surface area contributed by atoms with Gasteiger partial charge in [-0.2, -0.15) is 0 Å². The van der Waals surface area contributed by atoms with Crippen LogP contribution in [0.25, 0.3) is 10.9 Å². The highest BCUT2D eigenvalue weighted by molar-refractivity contribution is 6.45. The Labute approximate surface area is 227 Å². The zero-order valence-corrected chi connectivity index (χ0v) is 21.7. The van der Waals surface area contributed by atoms with Crippen molar-refractivity contribution < 1.29 is 39.1 Å². The molecule has 1 amide bonds. The molecule has 4 rings (SSSR count). The molecule has 0 bridgehead atoms. The van der Waals surface area contributed by atoms with Gasteiger partial charge < -0.3 is 40.2 Å². The Balaban J connectivity index is 1.68. The Hall–Kier alpha value is -3.19. The lowest BCUT2D eigenvalue weighted by Crippen LogP contribution is -2.65. The van der Waals surface area contributed by atoms with Gasteiger partial charge in [0.05, 0.1) is 35.0 Å². The molecular formula is C25H25Cl2N3O8. The number of aliphatic hydroxyl groups excluding tert-OH is 3. The van der Waals surface area contributed by atoms with Crippen LogP contribution < -0.4 is 15.4 Å². The fourth-order valence-corrected chi connectivity index (χ4v) is 4.47. The van der Waals surface area contributed by atoms with Gasteiger partial charge in [-0.25, -0.2) is 4.79 Å². The van der Waals surface area contributed by atoms with Crippen LogP contribution in [0.1, 0.15) is 17.3 Å². The predicted octanol–water partition coefficient (Wildman–Crippen LogP) is 2.39. The van der Waals surface area contributed by atoms with Gasteiger partial charge in [0.1, 0.15) is 35.7 Å². The molecular weight excluding hydrogens is 541 g/mol. The minimum absolute atomic E-state index is 0.147. The number of fused-ring (bicyclic) bond motifs is 1. The van der Waals surface area contributed by atoms with Crippen molar-refractivity contribution in [2.75, 3.05) is 19.0 Å². The number of pyridine rings is 1. The fourth-order valence-electron chi connectivity index (χ4n) is 4.10. The van der Waals surface area contributed by atoms with Gasteiger partial charge in [0.2, 0.25) is 12.2 Å². The molecule has 5 atom stereocenters. The van der Waals surface area contributed by atoms with Gasteiger partial charge >= 0.3 is 5.97 Å². The monoisotopic (exact) mass is 565 g/mol. The number of nitrogens with one attached hydrogen (secondary N) is 2. The molecule has 3 aromatic rings. The summed E-state index contributed by atoms with van der Waals surface area (Å²) in [5.74, 6) is -0.846. The van der Waals surface area contributed by atoms with Crippen LogP contribution in [-0.4, -0.2) is 76.5 Å². The number of halogens is 2. The molecule has 1 aromatic heterocycles. The maximum Gasteiger partial charge on any atom is 0.341 e. The molecule has 0 saturated carbocycles. The number of rotatable bonds is 7. The Morgan fingerprint density at radius 2 is 1.92 bits per heavy atom. The number of aromatic nitrogens is 1. The third-order valence-corrected chi connectivity index (χ3v) is 6.74. The molecule has 2 heterocycles. The summed E-state index contributed by atoms with van der Waals surface area (Å²) in [7, 11) is 1.25. The van der Waals surface area contributed by atoms with E-state index in [1.807, 2.05) is 0 Å². The van der Waals surface area contributed by atoms with E-state index >= 15 is 0 Å². The van der Waals surface area contributed by atoms with Crippen LogP contribution >= 0.6 is 23.2 Å². The summed E-state index contributed by atoms with van der Waals surface area (Å²) >= 11 is 12.5. The van der Waals surface area contributed by atoms with Crippen LogP contribution in [0.3, 0.4) is 0 Å². The highest BCUT2D eigenvalue weighted by atomic mass is 35.5. The predicted molar refractivity (Wildman–Crippen MR) is 139 cm³/mol. The third-order valence-electron chi connectivity index (χ3n) is 5.94. The minimum Gasteiger partial charge on any atom is -0.465 e. The first-order valence-electron chi connectivity index (χ1n) is 11.4. The molecule has 11 nitrogen and oxygen atoms in total. The number of ether oxygens (including phenoxy) is 3. The van der Waals surface area contributed by atoms with E-state index in [0.29, 0.717) is 27.3 Å². The Kier molecular flexibility index (Phi) is 8.56. The van der Waals surface area contributed by atoms with Crippen LogP contribution in [0.2, 0.25) is 10.0 Å². The van der Waals surface area contributed by atoms with Crippen molar-refractivity contribution in [1.29, 1.82) is 0 Å². The zero-order chi connectivity index (χ0) is 27.6. The highest BCUT2D eigenvalue weighted by Gasteiger charge is 2.46. The van der Waals surface area contributed by atoms with Gasteiger partial charge in [-0.15, -0.1) is 0 Å². The second-order valence-corrected chi connectivity index (χ2v) is 9.28. The van der Waals surface area contributed by atoms with Crippen molar-refractivity contribution >= 4 is 57.4 Å². The zero-order valence-electron chi connectivity index (χ0n) is 20.2. The summed E-state index contributed by atoms with van der Waals surface area (Å²) in [6, 6.07) is 8.69. The van der Waals surface area contributed by atoms with E-state index in [-0.39, 0.29) is 16.3 Å². The summed E-state index contributed by atoms with van der Waals surface area (Å²) in [4.78, 5) is 28.5. The summed E-state index contributed by atoms with van der Waals surface area (Å²) in [5.41, 5.74) is 1.37. The Bertz CT molecular complexity index is 1360. The molecule has 1 aliphatic heterocycles. The van der Waals surface area contributed by atoms with Gasteiger partial charge in [0, 0.05) is 30.3 Å². The molecule has 1 aliphatic rings. The van der Waals surface area contributed by atoms with E-state index < -0.39 is 49.1 Å². The average Bonchev–Trinajstić information content (AvgIpc) is 2.90. The average molecular weight is 566 g/mol. The van der Waals surface area contributed by atoms with Gasteiger partial charge in [0.25, 0.3) is 0 Å². The number of methoxy groups -OCH3 is 1. The van der Waals surface area contributed by atoms with Crippen LogP contribution in [0.15, 0.2) is 42.6 Å². The van der Waals surface area contributed by atoms with Crippen LogP contribution in [0, 0.1) is 0 Å². The van der Waals surface area contributed by atoms with Gasteiger partial charge in [0.15, 0.2) is 0 Å². The number of aliphatic hydroxyl groups is 3. The third kappa shape index (κ3) is 5.63. The Morgan fingerprint density at radius 1 is 1.16 bits per heavy atom. The maximum absolute atomic E-state index is 12.5. The molecule has 13 heteroatoms. The molecule has 0 spiro atoms. The maximum atomic E-state index is 12.5. The summed E-state index contributed by atoms with van der Waals surface area (Å²) in [6.45, 7) is 0.667. The number of amides is 1.